The van der Waals surface area contributed by atoms with Crippen molar-refractivity contribution in [2.75, 3.05) is 0 Å². The van der Waals surface area contributed by atoms with Gasteiger partial charge >= 0.3 is 19.5 Å². The molecule has 0 aliphatic carbocycles. The number of pyridine rings is 1. The third-order valence-corrected chi connectivity index (χ3v) is 5.14. The van der Waals surface area contributed by atoms with Crippen molar-refractivity contribution < 1.29 is 19.5 Å². The molecule has 0 atom stereocenters. The molecule has 0 bridgehead atoms. The monoisotopic (exact) mass is 574 g/mol. The van der Waals surface area contributed by atoms with Gasteiger partial charge in [0.05, 0.1) is 5.69 Å². The van der Waals surface area contributed by atoms with Crippen LogP contribution in [0.5, 0.6) is 0 Å². The molecule has 32 heavy (non-hydrogen) atoms. The van der Waals surface area contributed by atoms with Gasteiger partial charge in [-0.05, 0) is 60.4 Å². The molecule has 0 aliphatic heterocycles. The van der Waals surface area contributed by atoms with Gasteiger partial charge in [0.25, 0.3) is 0 Å². The molecule has 172 valence electrons. The maximum Gasteiger partial charge on any atom is 2.00 e. The van der Waals surface area contributed by atoms with Gasteiger partial charge < -0.3 is 11.9 Å². The van der Waals surface area contributed by atoms with Gasteiger partial charge in [-0.2, -0.15) is 22.0 Å². The van der Waals surface area contributed by atoms with Crippen molar-refractivity contribution in [3.8, 4) is 16.2 Å². The van der Waals surface area contributed by atoms with Gasteiger partial charge in [-0.3, -0.25) is 4.98 Å². The van der Waals surface area contributed by atoms with E-state index in [0.29, 0.717) is 0 Å². The third-order valence-electron chi connectivity index (χ3n) is 2.52. The Labute approximate surface area is 218 Å². The van der Waals surface area contributed by atoms with Crippen molar-refractivity contribution in [2.24, 2.45) is 0 Å². The number of rotatable bonds is 8. The second-order valence-electron chi connectivity index (χ2n) is 5.05. The van der Waals surface area contributed by atoms with Crippen molar-refractivity contribution in [1.29, 1.82) is 15.8 Å². The molecule has 0 saturated heterocycles. The van der Waals surface area contributed by atoms with Gasteiger partial charge in [0, 0.05) is 12.1 Å². The van der Waals surface area contributed by atoms with E-state index in [9.17, 15) is 0 Å². The maximum absolute atomic E-state index is 8.16. The number of nitrogens with two attached hydrogens (primary N) is 1. The van der Waals surface area contributed by atoms with E-state index in [1.165, 1.54) is 12.6 Å². The topological polar surface area (TPSA) is 142 Å². The van der Waals surface area contributed by atoms with Crippen LogP contribution < -0.4 is 0 Å². The van der Waals surface area contributed by atoms with Crippen LogP contribution in [0.25, 0.3) is 18.0 Å². The number of aromatic nitrogens is 1. The second-order valence-corrected chi connectivity index (χ2v) is 8.62. The molecule has 0 aliphatic rings. The minimum atomic E-state index is -0.306. The molecule has 0 aromatic carbocycles. The van der Waals surface area contributed by atoms with Gasteiger partial charge in [-0.15, -0.1) is 0 Å². The average Bonchev–Trinajstić information content (AvgIpc) is 2.74. The molecule has 0 amide bonds. The van der Waals surface area contributed by atoms with E-state index in [1.54, 1.807) is 6.08 Å². The molecule has 0 fully saturated rings. The first kappa shape index (κ1) is 37.3. The summed E-state index contributed by atoms with van der Waals surface area (Å²) in [5.41, 5.74) is 8.84. The van der Waals surface area contributed by atoms with Crippen LogP contribution in [-0.2, 0) is 25.9 Å². The van der Waals surface area contributed by atoms with Crippen molar-refractivity contribution in [2.45, 2.75) is 37.5 Å². The number of hydrogen-bond acceptors (Lipinski definition) is 7. The van der Waals surface area contributed by atoms with E-state index in [-0.39, 0.29) is 29.5 Å². The molecule has 1 aromatic rings. The first-order valence-corrected chi connectivity index (χ1v) is 11.7. The summed E-state index contributed by atoms with van der Waals surface area (Å²) >= 11 is 2.74. The Morgan fingerprint density at radius 1 is 1.00 bits per heavy atom. The molecule has 1 rings (SSSR count). The van der Waals surface area contributed by atoms with Crippen molar-refractivity contribution in [3.05, 3.63) is 84.1 Å². The molecular formula is C22H28N6RuS3. The largest absolute Gasteiger partial charge is 2.00 e. The van der Waals surface area contributed by atoms with Crippen LogP contribution >= 0.6 is 35.3 Å². The molecular weight excluding hydrogens is 546 g/mol. The number of thiocyanates is 3. The molecule has 0 saturated carbocycles. The van der Waals surface area contributed by atoms with Crippen LogP contribution in [0.3, 0.4) is 0 Å². The number of nitriles is 3. The quantitative estimate of drug-likeness (QED) is 0.131. The molecule has 10 heteroatoms. The molecule has 1 aromatic heterocycles. The van der Waals surface area contributed by atoms with Crippen molar-refractivity contribution >= 4 is 41.4 Å². The number of allylic oxidation sites excluding steroid dienone is 6. The Hall–Kier alpha value is -1.99. The standard InChI is InChI=1S/C15H17N2.C4HN3S3.C3H8.H2N.Ru/c1-2-3-5-9-14-11-8-12-15(17-14)10-6-4-7-13-16;5-1-8-4(9-2-6)10-3-7;1-3-2;;/h2-9,11-13,16H,10H2,1H3;4H;3H2,1-2H3;1H2;/q-1;;;-1;+2/b3-2-,6-4-,9-5+,13-7-;;;;. The van der Waals surface area contributed by atoms with Crippen molar-refractivity contribution in [1.82, 2.24) is 4.98 Å². The predicted octanol–water partition coefficient (Wildman–Crippen LogP) is 8.38. The summed E-state index contributed by atoms with van der Waals surface area (Å²) in [6.07, 6.45) is 16.8. The SMILES string of the molecule is C/C=C\C=C\c1cccc(C/C=C\C=C/[NH-])n1.CCC.N#CSC(SC#N)SC#N.[NH2-].[Ru+2]. The van der Waals surface area contributed by atoms with E-state index < -0.39 is 0 Å². The van der Waals surface area contributed by atoms with Gasteiger partial charge in [0.2, 0.25) is 0 Å². The maximum atomic E-state index is 8.16. The fourth-order valence-corrected chi connectivity index (χ4v) is 3.10. The Balaban J connectivity index is -0.000000226. The summed E-state index contributed by atoms with van der Waals surface area (Å²) in [7, 11) is 0. The zero-order chi connectivity index (χ0) is 22.9. The summed E-state index contributed by atoms with van der Waals surface area (Å²) in [4.78, 5) is 4.50. The van der Waals surface area contributed by atoms with Crippen LogP contribution in [-0.4, -0.2) is 8.90 Å². The van der Waals surface area contributed by atoms with Gasteiger partial charge in [0.15, 0.2) is 0 Å². The van der Waals surface area contributed by atoms with E-state index in [0.717, 1.165) is 53.1 Å². The summed E-state index contributed by atoms with van der Waals surface area (Å²) in [6.45, 7) is 6.23. The number of thioether (sulfide) groups is 3. The smallest absolute Gasteiger partial charge is 0.705 e. The van der Waals surface area contributed by atoms with Crippen LogP contribution in [0.15, 0.2) is 60.9 Å². The minimum absolute atomic E-state index is 0. The molecule has 1 heterocycles. The van der Waals surface area contributed by atoms with E-state index >= 15 is 0 Å². The van der Waals surface area contributed by atoms with E-state index in [2.05, 4.69) is 18.8 Å². The molecule has 3 N–H and O–H groups in total. The average molecular weight is 574 g/mol. The predicted molar refractivity (Wildman–Crippen MR) is 139 cm³/mol. The zero-order valence-corrected chi connectivity index (χ0v) is 22.5. The second kappa shape index (κ2) is 31.2. The van der Waals surface area contributed by atoms with Crippen LogP contribution in [0.4, 0.5) is 0 Å². The number of hydrogen-bond donors (Lipinski definition) is 0. The first-order chi connectivity index (χ1) is 14.6. The first-order valence-electron chi connectivity index (χ1n) is 9.01. The van der Waals surface area contributed by atoms with Crippen LogP contribution in [0.1, 0.15) is 38.6 Å². The Bertz CT molecular complexity index is 767. The van der Waals surface area contributed by atoms with Gasteiger partial charge in [-0.1, -0.05) is 62.8 Å². The van der Waals surface area contributed by atoms with Crippen LogP contribution in [0.2, 0.25) is 0 Å². The Kier molecular flexibility index (Phi) is 36.4. The normalized spacial score (nSPS) is 9.66. The summed E-state index contributed by atoms with van der Waals surface area (Å²) in [5.74, 6) is 0. The fourth-order valence-electron chi connectivity index (χ4n) is 1.49. The Morgan fingerprint density at radius 2 is 1.56 bits per heavy atom. The molecule has 0 spiro atoms. The van der Waals surface area contributed by atoms with Crippen LogP contribution in [0, 0.1) is 32.0 Å². The summed E-state index contributed by atoms with van der Waals surface area (Å²) < 4.78 is -0.306. The Morgan fingerprint density at radius 3 is 2.03 bits per heavy atom. The van der Waals surface area contributed by atoms with Crippen molar-refractivity contribution in [3.63, 3.8) is 0 Å². The van der Waals surface area contributed by atoms with E-state index in [4.69, 9.17) is 21.5 Å². The number of nitrogens with zero attached hydrogens (tertiary/aromatic N) is 4. The zero-order valence-electron chi connectivity index (χ0n) is 18.3. The summed E-state index contributed by atoms with van der Waals surface area (Å²) in [6, 6.07) is 5.99. The number of nitrogens with one attached hydrogen (secondary N) is 1. The molecule has 0 radical (unpaired) electrons. The molecule has 6 nitrogen and oxygen atoms in total. The minimum Gasteiger partial charge on any atom is -0.705 e. The van der Waals surface area contributed by atoms with Gasteiger partial charge in [0.1, 0.15) is 20.1 Å². The van der Waals surface area contributed by atoms with E-state index in [1.807, 2.05) is 77.8 Å². The third kappa shape index (κ3) is 26.0. The molecule has 0 unspecified atom stereocenters. The van der Waals surface area contributed by atoms with Gasteiger partial charge in [-0.25, -0.2) is 0 Å². The fraction of sp³-hybridized carbons (Fsp3) is 0.273. The summed E-state index contributed by atoms with van der Waals surface area (Å²) in [5, 5.41) is 29.9.